The summed E-state index contributed by atoms with van der Waals surface area (Å²) in [4.78, 5) is 29.9. The number of nitrogens with zero attached hydrogens (tertiary/aromatic N) is 2. The number of aliphatic hydroxyl groups excluding tert-OH is 1. The molecule has 0 aromatic heterocycles. The number of fused-ring (bicyclic) bond motifs is 2. The smallest absolute Gasteiger partial charge is 0.254 e. The van der Waals surface area contributed by atoms with Gasteiger partial charge in [-0.15, -0.1) is 0 Å². The number of primary amides is 1. The Morgan fingerprint density at radius 1 is 1.11 bits per heavy atom. The number of aliphatic hydroxyl groups is 1. The third-order valence-electron chi connectivity index (χ3n) is 9.05. The van der Waals surface area contributed by atoms with Crippen LogP contribution in [-0.2, 0) is 14.3 Å². The molecule has 3 aliphatic heterocycles. The van der Waals surface area contributed by atoms with Crippen molar-refractivity contribution in [3.05, 3.63) is 35.4 Å². The van der Waals surface area contributed by atoms with Crippen LogP contribution in [0.25, 0.3) is 0 Å². The van der Waals surface area contributed by atoms with Crippen molar-refractivity contribution in [1.82, 2.24) is 9.80 Å². The fraction of sp³-hybridized carbons (Fsp3) is 0.724. The molecule has 1 aromatic carbocycles. The molecule has 3 N–H and O–H groups in total. The quantitative estimate of drug-likeness (QED) is 0.554. The van der Waals surface area contributed by atoms with Gasteiger partial charge in [0, 0.05) is 37.3 Å². The van der Waals surface area contributed by atoms with Crippen LogP contribution in [-0.4, -0.2) is 83.0 Å². The van der Waals surface area contributed by atoms with E-state index in [1.165, 1.54) is 18.4 Å². The summed E-state index contributed by atoms with van der Waals surface area (Å²) >= 11 is 0. The number of hydrogen-bond donors (Lipinski definition) is 2. The Labute approximate surface area is 220 Å². The van der Waals surface area contributed by atoms with Crippen LogP contribution >= 0.6 is 0 Å². The maximum atomic E-state index is 13.6. The van der Waals surface area contributed by atoms with Gasteiger partial charge in [-0.05, 0) is 94.7 Å². The number of hydrogen-bond acceptors (Lipinski definition) is 6. The lowest BCUT2D eigenvalue weighted by molar-refractivity contribution is -0.161. The maximum absolute atomic E-state index is 13.6. The van der Waals surface area contributed by atoms with Crippen molar-refractivity contribution >= 4 is 11.8 Å². The molecule has 1 saturated carbocycles. The lowest BCUT2D eigenvalue weighted by Crippen LogP contribution is -2.50. The van der Waals surface area contributed by atoms with E-state index in [2.05, 4.69) is 11.0 Å². The second kappa shape index (κ2) is 11.0. The molecule has 2 bridgehead atoms. The van der Waals surface area contributed by atoms with Crippen molar-refractivity contribution in [2.75, 3.05) is 26.2 Å². The van der Waals surface area contributed by atoms with Crippen LogP contribution in [0.2, 0.25) is 0 Å². The Hall–Kier alpha value is -2.00. The predicted molar refractivity (Wildman–Crippen MR) is 140 cm³/mol. The summed E-state index contributed by atoms with van der Waals surface area (Å²) in [5, 5.41) is 9.94. The van der Waals surface area contributed by atoms with Crippen molar-refractivity contribution in [2.45, 2.75) is 101 Å². The van der Waals surface area contributed by atoms with E-state index in [1.807, 2.05) is 30.9 Å². The van der Waals surface area contributed by atoms with Gasteiger partial charge in [-0.1, -0.05) is 12.1 Å². The van der Waals surface area contributed by atoms with Crippen LogP contribution in [0.15, 0.2) is 24.3 Å². The van der Waals surface area contributed by atoms with Crippen molar-refractivity contribution in [3.63, 3.8) is 0 Å². The van der Waals surface area contributed by atoms with Crippen molar-refractivity contribution in [2.24, 2.45) is 11.7 Å². The highest BCUT2D eigenvalue weighted by Crippen LogP contribution is 2.43. The van der Waals surface area contributed by atoms with Crippen LogP contribution in [0.1, 0.15) is 87.1 Å². The molecule has 204 valence electrons. The van der Waals surface area contributed by atoms with Gasteiger partial charge in [-0.3, -0.25) is 14.5 Å². The third-order valence-corrected chi connectivity index (χ3v) is 9.05. The molecule has 3 heterocycles. The van der Waals surface area contributed by atoms with E-state index in [0.717, 1.165) is 51.6 Å². The molecule has 0 radical (unpaired) electrons. The summed E-state index contributed by atoms with van der Waals surface area (Å²) in [5.41, 5.74) is 7.31. The molecule has 4 aliphatic rings. The first kappa shape index (κ1) is 26.6. The average Bonchev–Trinajstić information content (AvgIpc) is 3.35. The zero-order valence-corrected chi connectivity index (χ0v) is 22.3. The average molecular weight is 514 g/mol. The standard InChI is InChI=1S/C29H43N3O5/c1-29(2)36-18-26(37-29)28(35)31(17-19-6-10-25(33)11-7-19)12-13-32-23-8-9-24(32)16-22(15-23)20-4-3-5-21(14-20)27(30)34/h3-5,14,19,22-26,33H,6-13,15-18H2,1-2H3,(H2,30,34)/t19?,22?,23?,24?,25?,26-/m0/s1. The summed E-state index contributed by atoms with van der Waals surface area (Å²) in [5.74, 6) is -0.219. The number of rotatable bonds is 8. The summed E-state index contributed by atoms with van der Waals surface area (Å²) in [6.07, 6.45) is 7.30. The molecule has 37 heavy (non-hydrogen) atoms. The van der Waals surface area contributed by atoms with Crippen LogP contribution in [0, 0.1) is 5.92 Å². The number of carbonyl (C=O) groups excluding carboxylic acids is 2. The first-order valence-corrected chi connectivity index (χ1v) is 14.1. The van der Waals surface area contributed by atoms with Gasteiger partial charge in [-0.2, -0.15) is 0 Å². The van der Waals surface area contributed by atoms with E-state index in [1.54, 1.807) is 6.07 Å². The Kier molecular flexibility index (Phi) is 7.91. The minimum absolute atomic E-state index is 0.0298. The first-order valence-electron chi connectivity index (χ1n) is 14.1. The van der Waals surface area contributed by atoms with Crippen LogP contribution in [0.3, 0.4) is 0 Å². The first-order chi connectivity index (χ1) is 17.7. The van der Waals surface area contributed by atoms with E-state index in [-0.39, 0.29) is 17.9 Å². The number of amides is 2. The fourth-order valence-electron chi connectivity index (χ4n) is 7.04. The molecule has 1 aliphatic carbocycles. The fourth-order valence-corrected chi connectivity index (χ4v) is 7.04. The highest BCUT2D eigenvalue weighted by molar-refractivity contribution is 5.92. The molecular formula is C29H43N3O5. The van der Waals surface area contributed by atoms with Gasteiger partial charge in [-0.25, -0.2) is 0 Å². The molecule has 1 aromatic rings. The Morgan fingerprint density at radius 3 is 2.43 bits per heavy atom. The number of nitrogens with two attached hydrogens (primary N) is 1. The summed E-state index contributed by atoms with van der Waals surface area (Å²) in [6.45, 7) is 6.28. The van der Waals surface area contributed by atoms with Gasteiger partial charge in [0.25, 0.3) is 5.91 Å². The number of piperidine rings is 1. The Morgan fingerprint density at radius 2 is 1.81 bits per heavy atom. The summed E-state index contributed by atoms with van der Waals surface area (Å²) in [7, 11) is 0. The highest BCUT2D eigenvalue weighted by atomic mass is 16.7. The van der Waals surface area contributed by atoms with Gasteiger partial charge in [0.2, 0.25) is 5.91 Å². The lowest BCUT2D eigenvalue weighted by atomic mass is 9.84. The molecule has 0 spiro atoms. The van der Waals surface area contributed by atoms with Crippen LogP contribution in [0.4, 0.5) is 0 Å². The molecule has 8 nitrogen and oxygen atoms in total. The van der Waals surface area contributed by atoms with Crippen molar-refractivity contribution in [1.29, 1.82) is 0 Å². The summed E-state index contributed by atoms with van der Waals surface area (Å²) in [6, 6.07) is 8.80. The topological polar surface area (TPSA) is 105 Å². The van der Waals surface area contributed by atoms with Gasteiger partial charge in [0.1, 0.15) is 0 Å². The second-order valence-electron chi connectivity index (χ2n) is 12.1. The highest BCUT2D eigenvalue weighted by Gasteiger charge is 2.43. The van der Waals surface area contributed by atoms with Gasteiger partial charge in [0.05, 0.1) is 12.7 Å². The number of carbonyl (C=O) groups is 2. The van der Waals surface area contributed by atoms with Crippen LogP contribution < -0.4 is 5.73 Å². The van der Waals surface area contributed by atoms with E-state index in [9.17, 15) is 14.7 Å². The SMILES string of the molecule is CC1(C)OC[C@@H](C(=O)N(CCN2C3CCC2CC(c2cccc(C(N)=O)c2)C3)CC2CCC(O)CC2)O1. The summed E-state index contributed by atoms with van der Waals surface area (Å²) < 4.78 is 11.6. The molecule has 3 saturated heterocycles. The molecule has 5 rings (SSSR count). The molecule has 4 fully saturated rings. The molecule has 8 heteroatoms. The largest absolute Gasteiger partial charge is 0.393 e. The van der Waals surface area contributed by atoms with E-state index < -0.39 is 11.9 Å². The van der Waals surface area contributed by atoms with E-state index in [4.69, 9.17) is 15.2 Å². The van der Waals surface area contributed by atoms with Crippen LogP contribution in [0.5, 0.6) is 0 Å². The van der Waals surface area contributed by atoms with Crippen molar-refractivity contribution < 1.29 is 24.2 Å². The van der Waals surface area contributed by atoms with Gasteiger partial charge in [0.15, 0.2) is 11.9 Å². The predicted octanol–water partition coefficient (Wildman–Crippen LogP) is 3.03. The minimum atomic E-state index is -0.728. The zero-order chi connectivity index (χ0) is 26.2. The van der Waals surface area contributed by atoms with Crippen molar-refractivity contribution in [3.8, 4) is 0 Å². The lowest BCUT2D eigenvalue weighted by Gasteiger charge is -2.41. The third kappa shape index (κ3) is 6.19. The number of ether oxygens (including phenoxy) is 2. The second-order valence-corrected chi connectivity index (χ2v) is 12.1. The minimum Gasteiger partial charge on any atom is -0.393 e. The Bertz CT molecular complexity index is 962. The zero-order valence-electron chi connectivity index (χ0n) is 22.3. The van der Waals surface area contributed by atoms with E-state index in [0.29, 0.717) is 42.6 Å². The monoisotopic (exact) mass is 513 g/mol. The normalized spacial score (nSPS) is 33.4. The molecular weight excluding hydrogens is 470 g/mol. The van der Waals surface area contributed by atoms with Gasteiger partial charge >= 0.3 is 0 Å². The van der Waals surface area contributed by atoms with E-state index >= 15 is 0 Å². The number of benzene rings is 1. The Balaban J connectivity index is 1.23. The molecule has 3 atom stereocenters. The maximum Gasteiger partial charge on any atom is 0.254 e. The van der Waals surface area contributed by atoms with Gasteiger partial charge < -0.3 is 25.2 Å². The molecule has 2 unspecified atom stereocenters. The molecule has 2 amide bonds.